The van der Waals surface area contributed by atoms with E-state index in [0.717, 1.165) is 22.4 Å². The molecule has 0 bridgehead atoms. The van der Waals surface area contributed by atoms with E-state index in [-0.39, 0.29) is 12.0 Å². The largest absolute Gasteiger partial charge is 0.495 e. The van der Waals surface area contributed by atoms with Crippen molar-refractivity contribution < 1.29 is 14.3 Å². The third-order valence-electron chi connectivity index (χ3n) is 4.58. The summed E-state index contributed by atoms with van der Waals surface area (Å²) in [7, 11) is 1.60. The summed E-state index contributed by atoms with van der Waals surface area (Å²) in [6, 6.07) is 26.1. The lowest BCUT2D eigenvalue weighted by Crippen LogP contribution is -2.16. The van der Waals surface area contributed by atoms with E-state index in [9.17, 15) is 4.79 Å². The Balaban J connectivity index is 1.48. The van der Waals surface area contributed by atoms with Gasteiger partial charge < -0.3 is 14.8 Å². The number of carbonyl (C=O) groups is 1. The van der Waals surface area contributed by atoms with Crippen LogP contribution in [0.2, 0.25) is 0 Å². The first kappa shape index (κ1) is 21.9. The van der Waals surface area contributed by atoms with Crippen molar-refractivity contribution in [1.82, 2.24) is 0 Å². The number of hydrogen-bond acceptors (Lipinski definition) is 4. The van der Waals surface area contributed by atoms with Gasteiger partial charge in [0, 0.05) is 5.75 Å². The molecule has 3 rings (SSSR count). The number of aryl methyl sites for hydroxylation is 1. The first-order valence-electron chi connectivity index (χ1n) is 9.91. The molecule has 0 aliphatic rings. The standard InChI is InChI=1S/C25H27NO3S/c1-19-13-14-23(28-2)22(17-19)26-24(27)18-30-16-15-29-25(20-9-5-3-6-10-20)21-11-7-4-8-12-21/h3-14,17,25H,15-16,18H2,1-2H3,(H,26,27). The number of rotatable bonds is 10. The molecule has 0 fully saturated rings. The quantitative estimate of drug-likeness (QED) is 0.440. The molecule has 0 aliphatic carbocycles. The summed E-state index contributed by atoms with van der Waals surface area (Å²) in [6.45, 7) is 2.54. The number of thioether (sulfide) groups is 1. The highest BCUT2D eigenvalue weighted by Crippen LogP contribution is 2.27. The second-order valence-electron chi connectivity index (χ2n) is 6.88. The molecule has 0 radical (unpaired) electrons. The maximum atomic E-state index is 12.3. The average molecular weight is 422 g/mol. The highest BCUT2D eigenvalue weighted by Gasteiger charge is 2.14. The molecule has 30 heavy (non-hydrogen) atoms. The molecule has 1 amide bonds. The molecular weight excluding hydrogens is 394 g/mol. The number of nitrogens with one attached hydrogen (secondary N) is 1. The van der Waals surface area contributed by atoms with Crippen molar-refractivity contribution in [1.29, 1.82) is 0 Å². The molecule has 3 aromatic rings. The minimum absolute atomic E-state index is 0.0495. The molecule has 3 aromatic carbocycles. The van der Waals surface area contributed by atoms with Crippen LogP contribution in [0.1, 0.15) is 22.8 Å². The van der Waals surface area contributed by atoms with Crippen molar-refractivity contribution >= 4 is 23.4 Å². The van der Waals surface area contributed by atoms with Crippen molar-refractivity contribution in [2.75, 3.05) is 30.5 Å². The number of amides is 1. The van der Waals surface area contributed by atoms with Crippen LogP contribution in [0.15, 0.2) is 78.9 Å². The van der Waals surface area contributed by atoms with E-state index in [4.69, 9.17) is 9.47 Å². The molecule has 0 heterocycles. The van der Waals surface area contributed by atoms with E-state index < -0.39 is 0 Å². The second kappa shape index (κ2) is 11.4. The van der Waals surface area contributed by atoms with Gasteiger partial charge in [0.2, 0.25) is 5.91 Å². The molecule has 5 heteroatoms. The van der Waals surface area contributed by atoms with E-state index in [1.807, 2.05) is 61.5 Å². The average Bonchev–Trinajstić information content (AvgIpc) is 2.77. The summed E-state index contributed by atoms with van der Waals surface area (Å²) in [4.78, 5) is 12.3. The van der Waals surface area contributed by atoms with E-state index >= 15 is 0 Å². The second-order valence-corrected chi connectivity index (χ2v) is 7.98. The maximum Gasteiger partial charge on any atom is 0.234 e. The zero-order valence-corrected chi connectivity index (χ0v) is 18.2. The van der Waals surface area contributed by atoms with Crippen molar-refractivity contribution in [3.63, 3.8) is 0 Å². The monoisotopic (exact) mass is 421 g/mol. The third kappa shape index (κ3) is 6.37. The van der Waals surface area contributed by atoms with Gasteiger partial charge in [-0.1, -0.05) is 66.7 Å². The van der Waals surface area contributed by atoms with E-state index in [1.165, 1.54) is 0 Å². The van der Waals surface area contributed by atoms with E-state index in [1.54, 1.807) is 18.9 Å². The summed E-state index contributed by atoms with van der Waals surface area (Å²) in [5.41, 5.74) is 4.02. The van der Waals surface area contributed by atoms with Crippen LogP contribution in [0.4, 0.5) is 5.69 Å². The van der Waals surface area contributed by atoms with Crippen LogP contribution >= 0.6 is 11.8 Å². The van der Waals surface area contributed by atoms with E-state index in [0.29, 0.717) is 23.8 Å². The molecule has 0 spiro atoms. The first-order valence-corrected chi connectivity index (χ1v) is 11.1. The molecule has 0 aliphatic heterocycles. The molecule has 0 unspecified atom stereocenters. The van der Waals surface area contributed by atoms with Gasteiger partial charge in [0.1, 0.15) is 11.9 Å². The summed E-state index contributed by atoms with van der Waals surface area (Å²) < 4.78 is 11.5. The zero-order valence-electron chi connectivity index (χ0n) is 17.3. The Morgan fingerprint density at radius 3 is 2.20 bits per heavy atom. The van der Waals surface area contributed by atoms with Gasteiger partial charge in [-0.15, -0.1) is 11.8 Å². The molecule has 1 N–H and O–H groups in total. The summed E-state index contributed by atoms with van der Waals surface area (Å²) in [5, 5.41) is 2.93. The Hall–Kier alpha value is -2.76. The molecule has 0 aromatic heterocycles. The van der Waals surface area contributed by atoms with Crippen LogP contribution in [0.25, 0.3) is 0 Å². The highest BCUT2D eigenvalue weighted by molar-refractivity contribution is 7.99. The smallest absolute Gasteiger partial charge is 0.234 e. The van der Waals surface area contributed by atoms with Gasteiger partial charge in [-0.2, -0.15) is 0 Å². The van der Waals surface area contributed by atoms with Crippen molar-refractivity contribution in [2.24, 2.45) is 0 Å². The topological polar surface area (TPSA) is 47.6 Å². The normalized spacial score (nSPS) is 10.8. The third-order valence-corrected chi connectivity index (χ3v) is 5.50. The lowest BCUT2D eigenvalue weighted by molar-refractivity contribution is -0.113. The SMILES string of the molecule is COc1ccc(C)cc1NC(=O)CSCCOC(c1ccccc1)c1ccccc1. The fourth-order valence-corrected chi connectivity index (χ4v) is 3.75. The van der Waals surface area contributed by atoms with Crippen molar-refractivity contribution in [3.8, 4) is 5.75 Å². The summed E-state index contributed by atoms with van der Waals surface area (Å²) in [5.74, 6) is 1.71. The van der Waals surface area contributed by atoms with Crippen LogP contribution in [-0.4, -0.2) is 31.1 Å². The predicted molar refractivity (Wildman–Crippen MR) is 124 cm³/mol. The van der Waals surface area contributed by atoms with E-state index in [2.05, 4.69) is 29.6 Å². The first-order chi connectivity index (χ1) is 14.7. The van der Waals surface area contributed by atoms with Gasteiger partial charge >= 0.3 is 0 Å². The molecule has 0 atom stereocenters. The lowest BCUT2D eigenvalue weighted by Gasteiger charge is -2.19. The van der Waals surface area contributed by atoms with Gasteiger partial charge in [-0.25, -0.2) is 0 Å². The molecule has 0 saturated heterocycles. The molecule has 156 valence electrons. The molecule has 4 nitrogen and oxygen atoms in total. The van der Waals surface area contributed by atoms with Gasteiger partial charge in [0.15, 0.2) is 0 Å². The van der Waals surface area contributed by atoms with Crippen LogP contribution in [0.5, 0.6) is 5.75 Å². The predicted octanol–water partition coefficient (Wildman–Crippen LogP) is 5.48. The van der Waals surface area contributed by atoms with Gasteiger partial charge in [0.25, 0.3) is 0 Å². The highest BCUT2D eigenvalue weighted by atomic mass is 32.2. The minimum atomic E-state index is -0.113. The Morgan fingerprint density at radius 2 is 1.60 bits per heavy atom. The number of methoxy groups -OCH3 is 1. The Kier molecular flexibility index (Phi) is 8.36. The number of carbonyl (C=O) groups excluding carboxylic acids is 1. The van der Waals surface area contributed by atoms with Gasteiger partial charge in [-0.3, -0.25) is 4.79 Å². The Morgan fingerprint density at radius 1 is 0.967 bits per heavy atom. The van der Waals surface area contributed by atoms with Crippen LogP contribution < -0.4 is 10.1 Å². The maximum absolute atomic E-state index is 12.3. The number of anilines is 1. The number of benzene rings is 3. The zero-order chi connectivity index (χ0) is 21.2. The molecular formula is C25H27NO3S. The Bertz CT molecular complexity index is 892. The van der Waals surface area contributed by atoms with Crippen molar-refractivity contribution in [3.05, 3.63) is 95.6 Å². The van der Waals surface area contributed by atoms with Crippen LogP contribution in [0.3, 0.4) is 0 Å². The summed E-state index contributed by atoms with van der Waals surface area (Å²) in [6.07, 6.45) is -0.113. The fraction of sp³-hybridized carbons (Fsp3) is 0.240. The number of hydrogen-bond donors (Lipinski definition) is 1. The van der Waals surface area contributed by atoms with Crippen LogP contribution in [-0.2, 0) is 9.53 Å². The fourth-order valence-electron chi connectivity index (χ4n) is 3.14. The molecule has 0 saturated carbocycles. The van der Waals surface area contributed by atoms with Crippen LogP contribution in [0, 0.1) is 6.92 Å². The minimum Gasteiger partial charge on any atom is -0.495 e. The number of ether oxygens (including phenoxy) is 2. The van der Waals surface area contributed by atoms with Crippen molar-refractivity contribution in [2.45, 2.75) is 13.0 Å². The Labute approximate surface area is 182 Å². The van der Waals surface area contributed by atoms with Gasteiger partial charge in [0.05, 0.1) is 25.2 Å². The van der Waals surface area contributed by atoms with Gasteiger partial charge in [-0.05, 0) is 35.7 Å². The lowest BCUT2D eigenvalue weighted by atomic mass is 10.0. The summed E-state index contributed by atoms with van der Waals surface area (Å²) >= 11 is 1.55.